The SMILES string of the molecule is CCCCCCCCCCCCCCCCCCCCCCCCC(=O)O[C@H](COC(=O)CCCCCCCCCCCCCCCC(C)C)COP(=O)(O)OC[C@@H](O)COP(=O)(O)OC[C@@H](COC(=O)CCCCCCCCC)OC(=O)CCCCCCCCC. The zero-order valence-electron chi connectivity index (χ0n) is 59.7. The molecule has 2 unspecified atom stereocenters. The quantitative estimate of drug-likeness (QED) is 0.0222. The molecule has 0 aromatic heterocycles. The third kappa shape index (κ3) is 66.7. The Balaban J connectivity index is 5.10. The molecule has 0 heterocycles. The van der Waals surface area contributed by atoms with Gasteiger partial charge in [-0.2, -0.15) is 0 Å². The number of hydrogen-bond acceptors (Lipinski definition) is 15. The molecule has 0 rings (SSSR count). The van der Waals surface area contributed by atoms with E-state index in [4.69, 9.17) is 37.0 Å². The third-order valence-electron chi connectivity index (χ3n) is 17.0. The van der Waals surface area contributed by atoms with Crippen molar-refractivity contribution in [2.45, 2.75) is 400 Å². The van der Waals surface area contributed by atoms with E-state index in [1.807, 2.05) is 0 Å². The molecule has 0 saturated heterocycles. The first kappa shape index (κ1) is 90.1. The van der Waals surface area contributed by atoms with E-state index in [9.17, 15) is 43.2 Å². The van der Waals surface area contributed by atoms with Gasteiger partial charge in [0.25, 0.3) is 0 Å². The highest BCUT2D eigenvalue weighted by Crippen LogP contribution is 2.45. The molecule has 0 saturated carbocycles. The van der Waals surface area contributed by atoms with Crippen molar-refractivity contribution < 1.29 is 80.2 Å². The fraction of sp³-hybridized carbons (Fsp3) is 0.945. The lowest BCUT2D eigenvalue weighted by Crippen LogP contribution is -2.30. The number of esters is 4. The van der Waals surface area contributed by atoms with E-state index in [1.54, 1.807) is 0 Å². The number of phosphoric acid groups is 2. The van der Waals surface area contributed by atoms with E-state index in [0.717, 1.165) is 121 Å². The van der Waals surface area contributed by atoms with Crippen LogP contribution in [0.1, 0.15) is 381 Å². The fourth-order valence-corrected chi connectivity index (χ4v) is 12.8. The van der Waals surface area contributed by atoms with Crippen molar-refractivity contribution in [3.05, 3.63) is 0 Å². The molecule has 19 heteroatoms. The van der Waals surface area contributed by atoms with Crippen molar-refractivity contribution in [3.63, 3.8) is 0 Å². The summed E-state index contributed by atoms with van der Waals surface area (Å²) in [6, 6.07) is 0. The van der Waals surface area contributed by atoms with Crippen LogP contribution in [0.4, 0.5) is 0 Å². The minimum atomic E-state index is -4.95. The van der Waals surface area contributed by atoms with Gasteiger partial charge in [0.05, 0.1) is 26.4 Å². The van der Waals surface area contributed by atoms with Gasteiger partial charge in [-0.05, 0) is 31.6 Å². The average Bonchev–Trinajstić information content (AvgIpc) is 2.88. The average molecular weight is 1350 g/mol. The van der Waals surface area contributed by atoms with Crippen LogP contribution in [0.25, 0.3) is 0 Å². The van der Waals surface area contributed by atoms with Crippen molar-refractivity contribution in [1.29, 1.82) is 0 Å². The van der Waals surface area contributed by atoms with Crippen molar-refractivity contribution in [2.24, 2.45) is 5.92 Å². The molecule has 0 aliphatic heterocycles. The standard InChI is InChI=1S/C73H142O17P2/c1-6-9-12-15-18-19-20-21-22-23-24-25-26-27-28-29-32-36-39-44-49-54-59-73(78)90-69(63-84-71(76)57-52-47-43-38-35-33-30-31-34-37-42-45-50-55-66(4)5)65-88-92(81,82)86-61-67(74)60-85-91(79,80)87-64-68(89-72(77)58-53-48-41-17-14-11-8-3)62-83-70(75)56-51-46-40-16-13-10-7-2/h66-69,74H,6-65H2,1-5H3,(H,79,80)(H,81,82)/t67-,68+,69+/m0/s1. The van der Waals surface area contributed by atoms with Crippen LogP contribution in [0, 0.1) is 5.92 Å². The molecule has 0 aromatic rings. The lowest BCUT2D eigenvalue weighted by Gasteiger charge is -2.21. The Morgan fingerprint density at radius 3 is 0.739 bits per heavy atom. The molecule has 17 nitrogen and oxygen atoms in total. The molecule has 0 fully saturated rings. The number of aliphatic hydroxyl groups excluding tert-OH is 1. The molecule has 546 valence electrons. The lowest BCUT2D eigenvalue weighted by molar-refractivity contribution is -0.161. The topological polar surface area (TPSA) is 237 Å². The zero-order chi connectivity index (χ0) is 67.7. The Kier molecular flexibility index (Phi) is 64.9. The number of rotatable bonds is 73. The van der Waals surface area contributed by atoms with Gasteiger partial charge in [-0.15, -0.1) is 0 Å². The summed E-state index contributed by atoms with van der Waals surface area (Å²) < 4.78 is 68.1. The minimum absolute atomic E-state index is 0.104. The van der Waals surface area contributed by atoms with Crippen molar-refractivity contribution >= 4 is 39.5 Å². The predicted molar refractivity (Wildman–Crippen MR) is 372 cm³/mol. The van der Waals surface area contributed by atoms with E-state index >= 15 is 0 Å². The van der Waals surface area contributed by atoms with E-state index in [-0.39, 0.29) is 25.7 Å². The molecule has 0 spiro atoms. The Hall–Kier alpha value is -1.94. The van der Waals surface area contributed by atoms with Crippen molar-refractivity contribution in [2.75, 3.05) is 39.6 Å². The second kappa shape index (κ2) is 66.3. The largest absolute Gasteiger partial charge is 0.472 e. The first-order chi connectivity index (χ1) is 44.5. The molecule has 0 amide bonds. The number of hydrogen-bond donors (Lipinski definition) is 3. The van der Waals surface area contributed by atoms with Crippen molar-refractivity contribution in [1.82, 2.24) is 0 Å². The maximum absolute atomic E-state index is 13.1. The number of unbranched alkanes of at least 4 members (excludes halogenated alkanes) is 45. The van der Waals surface area contributed by atoms with E-state index in [0.29, 0.717) is 25.7 Å². The predicted octanol–water partition coefficient (Wildman–Crippen LogP) is 21.3. The maximum Gasteiger partial charge on any atom is 0.472 e. The van der Waals surface area contributed by atoms with Crippen LogP contribution < -0.4 is 0 Å². The molecule has 3 N–H and O–H groups in total. The van der Waals surface area contributed by atoms with Crippen LogP contribution in [0.15, 0.2) is 0 Å². The van der Waals surface area contributed by atoms with Gasteiger partial charge in [0, 0.05) is 25.7 Å². The monoisotopic (exact) mass is 1350 g/mol. The van der Waals surface area contributed by atoms with Gasteiger partial charge < -0.3 is 33.8 Å². The molecule has 0 radical (unpaired) electrons. The first-order valence-electron chi connectivity index (χ1n) is 38.1. The van der Waals surface area contributed by atoms with E-state index < -0.39 is 97.5 Å². The molecule has 0 aliphatic rings. The molecular weight excluding hydrogens is 1210 g/mol. The molecule has 5 atom stereocenters. The third-order valence-corrected chi connectivity index (χ3v) is 18.9. The molecule has 0 aromatic carbocycles. The smallest absolute Gasteiger partial charge is 0.462 e. The number of carbonyl (C=O) groups excluding carboxylic acids is 4. The number of aliphatic hydroxyl groups is 1. The molecular formula is C73H142O17P2. The number of phosphoric ester groups is 2. The van der Waals surface area contributed by atoms with Crippen LogP contribution in [-0.2, 0) is 65.4 Å². The molecule has 0 aliphatic carbocycles. The van der Waals surface area contributed by atoms with Crippen LogP contribution in [-0.4, -0.2) is 96.7 Å². The van der Waals surface area contributed by atoms with Crippen LogP contribution in [0.2, 0.25) is 0 Å². The van der Waals surface area contributed by atoms with Crippen molar-refractivity contribution in [3.8, 4) is 0 Å². The van der Waals surface area contributed by atoms with Gasteiger partial charge in [0.1, 0.15) is 19.3 Å². The summed E-state index contributed by atoms with van der Waals surface area (Å²) in [5, 5.41) is 10.6. The summed E-state index contributed by atoms with van der Waals surface area (Å²) in [7, 11) is -9.89. The summed E-state index contributed by atoms with van der Waals surface area (Å²) in [4.78, 5) is 72.3. The molecule has 0 bridgehead atoms. The normalized spacial score (nSPS) is 14.0. The highest BCUT2D eigenvalue weighted by atomic mass is 31.2. The minimum Gasteiger partial charge on any atom is -0.462 e. The first-order valence-corrected chi connectivity index (χ1v) is 41.1. The summed E-state index contributed by atoms with van der Waals surface area (Å²) in [6.45, 7) is 7.19. The fourth-order valence-electron chi connectivity index (χ4n) is 11.2. The second-order valence-electron chi connectivity index (χ2n) is 26.8. The van der Waals surface area contributed by atoms with Gasteiger partial charge in [-0.1, -0.05) is 330 Å². The summed E-state index contributed by atoms with van der Waals surface area (Å²) >= 11 is 0. The highest BCUT2D eigenvalue weighted by Gasteiger charge is 2.30. The van der Waals surface area contributed by atoms with Gasteiger partial charge in [-0.3, -0.25) is 37.3 Å². The highest BCUT2D eigenvalue weighted by molar-refractivity contribution is 7.47. The van der Waals surface area contributed by atoms with Gasteiger partial charge in [0.2, 0.25) is 0 Å². The van der Waals surface area contributed by atoms with Gasteiger partial charge in [0.15, 0.2) is 12.2 Å². The van der Waals surface area contributed by atoms with Crippen LogP contribution in [0.5, 0.6) is 0 Å². The Morgan fingerprint density at radius 2 is 0.500 bits per heavy atom. The summed E-state index contributed by atoms with van der Waals surface area (Å²) in [5.41, 5.74) is 0. The molecule has 92 heavy (non-hydrogen) atoms. The Labute approximate surface area is 562 Å². The van der Waals surface area contributed by atoms with E-state index in [2.05, 4.69) is 34.6 Å². The van der Waals surface area contributed by atoms with Crippen LogP contribution >= 0.6 is 15.6 Å². The number of carbonyl (C=O) groups is 4. The second-order valence-corrected chi connectivity index (χ2v) is 29.7. The Bertz CT molecular complexity index is 1770. The van der Waals surface area contributed by atoms with Crippen LogP contribution in [0.3, 0.4) is 0 Å². The van der Waals surface area contributed by atoms with Gasteiger partial charge in [-0.25, -0.2) is 9.13 Å². The van der Waals surface area contributed by atoms with Gasteiger partial charge >= 0.3 is 39.5 Å². The number of ether oxygens (including phenoxy) is 4. The zero-order valence-corrected chi connectivity index (χ0v) is 61.5. The summed E-state index contributed by atoms with van der Waals surface area (Å²) in [5.74, 6) is -1.34. The Morgan fingerprint density at radius 1 is 0.293 bits per heavy atom. The summed E-state index contributed by atoms with van der Waals surface area (Å²) in [6.07, 6.45) is 54.7. The van der Waals surface area contributed by atoms with E-state index in [1.165, 1.54) is 180 Å². The maximum atomic E-state index is 13.1. The lowest BCUT2D eigenvalue weighted by atomic mass is 10.0.